The summed E-state index contributed by atoms with van der Waals surface area (Å²) in [5.74, 6) is 1.03. The molecule has 2 atom stereocenters. The first-order chi connectivity index (χ1) is 16.2. The topological polar surface area (TPSA) is 77.4 Å². The number of para-hydroxylation sites is 4. The number of ether oxygens (including phenoxy) is 2. The Morgan fingerprint density at radius 3 is 2.67 bits per heavy atom. The molecule has 0 saturated heterocycles. The van der Waals surface area contributed by atoms with Crippen molar-refractivity contribution in [1.82, 2.24) is 20.2 Å². The Morgan fingerprint density at radius 2 is 1.82 bits per heavy atom. The molecule has 2 heterocycles. The molecule has 3 aromatic carbocycles. The van der Waals surface area contributed by atoms with E-state index in [0.29, 0.717) is 24.7 Å². The Balaban J connectivity index is 1.26. The summed E-state index contributed by atoms with van der Waals surface area (Å²) < 4.78 is 27.1. The molecule has 1 aromatic heterocycles. The third-order valence-corrected chi connectivity index (χ3v) is 5.54. The van der Waals surface area contributed by atoms with Crippen LogP contribution in [-0.2, 0) is 6.54 Å². The molecule has 1 aliphatic heterocycles. The Kier molecular flexibility index (Phi) is 5.80. The summed E-state index contributed by atoms with van der Waals surface area (Å²) in [7, 11) is 0. The van der Waals surface area contributed by atoms with Crippen molar-refractivity contribution in [1.29, 1.82) is 0 Å². The van der Waals surface area contributed by atoms with Crippen molar-refractivity contribution in [3.05, 3.63) is 90.5 Å². The summed E-state index contributed by atoms with van der Waals surface area (Å²) in [5.41, 5.74) is 2.61. The van der Waals surface area contributed by atoms with Crippen molar-refractivity contribution in [2.75, 3.05) is 13.2 Å². The molecule has 2 amide bonds. The maximum atomic E-state index is 13.5. The van der Waals surface area contributed by atoms with Crippen LogP contribution in [0.4, 0.5) is 9.18 Å². The van der Waals surface area contributed by atoms with E-state index in [1.54, 1.807) is 18.5 Å². The molecule has 0 spiro atoms. The minimum Gasteiger partial charge on any atom is -0.486 e. The SMILES string of the molecule is O=C(NC[C@H]1COc2ccccc2O1)N[C@H](Cn1cnc2ccccc21)c1ccc(F)cc1. The average Bonchev–Trinajstić information content (AvgIpc) is 3.25. The Morgan fingerprint density at radius 1 is 1.06 bits per heavy atom. The molecule has 33 heavy (non-hydrogen) atoms. The number of nitrogens with one attached hydrogen (secondary N) is 2. The monoisotopic (exact) mass is 446 g/mol. The van der Waals surface area contributed by atoms with Gasteiger partial charge >= 0.3 is 6.03 Å². The summed E-state index contributed by atoms with van der Waals surface area (Å²) in [6.07, 6.45) is 1.44. The molecular formula is C25H23FN4O3. The smallest absolute Gasteiger partial charge is 0.315 e. The quantitative estimate of drug-likeness (QED) is 0.468. The number of hydrogen-bond acceptors (Lipinski definition) is 4. The lowest BCUT2D eigenvalue weighted by Crippen LogP contribution is -2.45. The summed E-state index contributed by atoms with van der Waals surface area (Å²) in [4.78, 5) is 17.2. The largest absolute Gasteiger partial charge is 0.486 e. The number of nitrogens with zero attached hydrogens (tertiary/aromatic N) is 2. The number of imidazole rings is 1. The van der Waals surface area contributed by atoms with Crippen molar-refractivity contribution in [2.45, 2.75) is 18.7 Å². The minimum atomic E-state index is -0.396. The number of urea groups is 1. The number of rotatable bonds is 6. The zero-order valence-corrected chi connectivity index (χ0v) is 17.8. The van der Waals surface area contributed by atoms with Gasteiger partial charge in [-0.05, 0) is 42.0 Å². The van der Waals surface area contributed by atoms with Gasteiger partial charge in [0.15, 0.2) is 17.6 Å². The second-order valence-electron chi connectivity index (χ2n) is 7.84. The number of amides is 2. The molecule has 1 aliphatic rings. The van der Waals surface area contributed by atoms with E-state index in [2.05, 4.69) is 15.6 Å². The molecule has 0 bridgehead atoms. The first-order valence-corrected chi connectivity index (χ1v) is 10.7. The van der Waals surface area contributed by atoms with Crippen LogP contribution in [0.3, 0.4) is 0 Å². The first-order valence-electron chi connectivity index (χ1n) is 10.7. The predicted octanol–water partition coefficient (Wildman–Crippen LogP) is 4.06. The Labute approximate surface area is 190 Å². The number of benzene rings is 3. The lowest BCUT2D eigenvalue weighted by atomic mass is 10.1. The van der Waals surface area contributed by atoms with E-state index in [4.69, 9.17) is 9.47 Å². The van der Waals surface area contributed by atoms with Gasteiger partial charge in [-0.3, -0.25) is 0 Å². The third-order valence-electron chi connectivity index (χ3n) is 5.54. The lowest BCUT2D eigenvalue weighted by molar-refractivity contribution is 0.0917. The van der Waals surface area contributed by atoms with E-state index in [0.717, 1.165) is 16.6 Å². The van der Waals surface area contributed by atoms with E-state index in [-0.39, 0.29) is 24.5 Å². The molecule has 7 nitrogen and oxygen atoms in total. The van der Waals surface area contributed by atoms with Gasteiger partial charge in [-0.25, -0.2) is 14.2 Å². The van der Waals surface area contributed by atoms with E-state index >= 15 is 0 Å². The maximum Gasteiger partial charge on any atom is 0.315 e. The van der Waals surface area contributed by atoms with Crippen molar-refractivity contribution in [3.8, 4) is 11.5 Å². The van der Waals surface area contributed by atoms with E-state index in [1.807, 2.05) is 53.1 Å². The molecule has 2 N–H and O–H groups in total. The molecule has 168 valence electrons. The number of aromatic nitrogens is 2. The van der Waals surface area contributed by atoms with Gasteiger partial charge in [0.2, 0.25) is 0 Å². The van der Waals surface area contributed by atoms with Gasteiger partial charge in [0, 0.05) is 6.54 Å². The van der Waals surface area contributed by atoms with Gasteiger partial charge in [-0.15, -0.1) is 0 Å². The molecule has 5 rings (SSSR count). The highest BCUT2D eigenvalue weighted by atomic mass is 19.1. The fourth-order valence-electron chi connectivity index (χ4n) is 3.86. The highest BCUT2D eigenvalue weighted by molar-refractivity contribution is 5.76. The summed E-state index contributed by atoms with van der Waals surface area (Å²) in [6.45, 7) is 1.07. The van der Waals surface area contributed by atoms with Crippen LogP contribution in [0.2, 0.25) is 0 Å². The highest BCUT2D eigenvalue weighted by Gasteiger charge is 2.22. The molecule has 0 radical (unpaired) electrons. The van der Waals surface area contributed by atoms with E-state index < -0.39 is 6.04 Å². The van der Waals surface area contributed by atoms with Gasteiger partial charge in [0.1, 0.15) is 12.4 Å². The minimum absolute atomic E-state index is 0.282. The molecule has 8 heteroatoms. The number of carbonyl (C=O) groups excluding carboxylic acids is 1. The Bertz CT molecular complexity index is 1260. The second-order valence-corrected chi connectivity index (χ2v) is 7.84. The first kappa shape index (κ1) is 20.8. The third kappa shape index (κ3) is 4.74. The van der Waals surface area contributed by atoms with Gasteiger partial charge in [0.05, 0.1) is 29.9 Å². The maximum absolute atomic E-state index is 13.5. The fourth-order valence-corrected chi connectivity index (χ4v) is 3.86. The van der Waals surface area contributed by atoms with Crippen LogP contribution in [-0.4, -0.2) is 34.8 Å². The van der Waals surface area contributed by atoms with Crippen molar-refractivity contribution >= 4 is 17.1 Å². The second kappa shape index (κ2) is 9.20. The van der Waals surface area contributed by atoms with Crippen LogP contribution in [0.5, 0.6) is 11.5 Å². The number of halogens is 1. The van der Waals surface area contributed by atoms with Crippen molar-refractivity contribution < 1.29 is 18.7 Å². The van der Waals surface area contributed by atoms with Crippen LogP contribution in [0.1, 0.15) is 11.6 Å². The molecule has 4 aromatic rings. The molecular weight excluding hydrogens is 423 g/mol. The van der Waals surface area contributed by atoms with Crippen LogP contribution < -0.4 is 20.1 Å². The van der Waals surface area contributed by atoms with Crippen LogP contribution in [0, 0.1) is 5.82 Å². The van der Waals surface area contributed by atoms with Crippen LogP contribution in [0.15, 0.2) is 79.1 Å². The van der Waals surface area contributed by atoms with Gasteiger partial charge < -0.3 is 24.7 Å². The molecule has 0 fully saturated rings. The predicted molar refractivity (Wildman–Crippen MR) is 122 cm³/mol. The van der Waals surface area contributed by atoms with E-state index in [1.165, 1.54) is 12.1 Å². The molecule has 0 saturated carbocycles. The normalized spacial score (nSPS) is 15.7. The zero-order chi connectivity index (χ0) is 22.6. The highest BCUT2D eigenvalue weighted by Crippen LogP contribution is 2.30. The molecule has 0 aliphatic carbocycles. The van der Waals surface area contributed by atoms with Crippen LogP contribution in [0.25, 0.3) is 11.0 Å². The van der Waals surface area contributed by atoms with Crippen molar-refractivity contribution in [2.24, 2.45) is 0 Å². The Hall–Kier alpha value is -4.07. The number of hydrogen-bond donors (Lipinski definition) is 2. The number of fused-ring (bicyclic) bond motifs is 2. The van der Waals surface area contributed by atoms with E-state index in [9.17, 15) is 9.18 Å². The lowest BCUT2D eigenvalue weighted by Gasteiger charge is -2.27. The number of carbonyl (C=O) groups is 1. The van der Waals surface area contributed by atoms with Crippen molar-refractivity contribution in [3.63, 3.8) is 0 Å². The van der Waals surface area contributed by atoms with Crippen LogP contribution >= 0.6 is 0 Å². The zero-order valence-electron chi connectivity index (χ0n) is 17.8. The summed E-state index contributed by atoms with van der Waals surface area (Å²) >= 11 is 0. The average molecular weight is 446 g/mol. The standard InChI is InChI=1S/C25H23FN4O3/c26-18-11-9-17(10-12-18)21(14-30-16-28-20-5-1-2-6-22(20)30)29-25(31)27-13-19-15-32-23-7-3-4-8-24(23)33-19/h1-12,16,19,21H,13-15H2,(H2,27,29,31)/t19-,21+/m0/s1. The fraction of sp³-hybridized carbons (Fsp3) is 0.200. The van der Waals surface area contributed by atoms with Gasteiger partial charge in [0.25, 0.3) is 0 Å². The van der Waals surface area contributed by atoms with Gasteiger partial charge in [-0.1, -0.05) is 36.4 Å². The summed E-state index contributed by atoms with van der Waals surface area (Å²) in [5, 5.41) is 5.85. The molecule has 0 unspecified atom stereocenters. The van der Waals surface area contributed by atoms with Gasteiger partial charge in [-0.2, -0.15) is 0 Å². The summed E-state index contributed by atoms with van der Waals surface area (Å²) in [6, 6.07) is 20.6.